The summed E-state index contributed by atoms with van der Waals surface area (Å²) in [6.07, 6.45) is 1.88. The highest BCUT2D eigenvalue weighted by molar-refractivity contribution is 8.00. The zero-order chi connectivity index (χ0) is 10.1. The SMILES string of the molecule is CC(C)c1cnc2c(c1)NC(=O)CS2. The van der Waals surface area contributed by atoms with Crippen LogP contribution < -0.4 is 5.32 Å². The molecule has 2 rings (SSSR count). The Morgan fingerprint density at radius 3 is 3.07 bits per heavy atom. The van der Waals surface area contributed by atoms with E-state index in [1.54, 1.807) is 0 Å². The quantitative estimate of drug-likeness (QED) is 0.769. The van der Waals surface area contributed by atoms with Gasteiger partial charge < -0.3 is 5.32 Å². The maximum absolute atomic E-state index is 11.1. The maximum atomic E-state index is 11.1. The highest BCUT2D eigenvalue weighted by Gasteiger charge is 2.17. The lowest BCUT2D eigenvalue weighted by Gasteiger charge is -2.16. The fourth-order valence-electron chi connectivity index (χ4n) is 1.31. The predicted octanol–water partition coefficient (Wildman–Crippen LogP) is 2.25. The molecule has 0 radical (unpaired) electrons. The number of fused-ring (bicyclic) bond motifs is 1. The number of nitrogens with one attached hydrogen (secondary N) is 1. The molecule has 14 heavy (non-hydrogen) atoms. The Balaban J connectivity index is 2.37. The normalized spacial score (nSPS) is 15.2. The third kappa shape index (κ3) is 1.75. The van der Waals surface area contributed by atoms with Crippen LogP contribution in [0.2, 0.25) is 0 Å². The van der Waals surface area contributed by atoms with Crippen LogP contribution in [0.1, 0.15) is 25.3 Å². The number of carbonyl (C=O) groups is 1. The van der Waals surface area contributed by atoms with Crippen molar-refractivity contribution in [2.45, 2.75) is 24.8 Å². The van der Waals surface area contributed by atoms with E-state index in [9.17, 15) is 4.79 Å². The van der Waals surface area contributed by atoms with E-state index in [1.165, 1.54) is 11.8 Å². The van der Waals surface area contributed by atoms with Gasteiger partial charge in [-0.05, 0) is 17.5 Å². The van der Waals surface area contributed by atoms with Crippen molar-refractivity contribution in [3.05, 3.63) is 17.8 Å². The standard InChI is InChI=1S/C10H12N2OS/c1-6(2)7-3-8-10(11-4-7)14-5-9(13)12-8/h3-4,6H,5H2,1-2H3,(H,12,13). The summed E-state index contributed by atoms with van der Waals surface area (Å²) >= 11 is 1.49. The van der Waals surface area contributed by atoms with Crippen LogP contribution in [0, 0.1) is 0 Å². The summed E-state index contributed by atoms with van der Waals surface area (Å²) in [4.78, 5) is 15.5. The fourth-order valence-corrected chi connectivity index (χ4v) is 2.04. The molecule has 0 spiro atoms. The molecule has 1 aromatic rings. The summed E-state index contributed by atoms with van der Waals surface area (Å²) in [6, 6.07) is 2.01. The highest BCUT2D eigenvalue weighted by Crippen LogP contribution is 2.31. The highest BCUT2D eigenvalue weighted by atomic mass is 32.2. The Kier molecular flexibility index (Phi) is 2.46. The van der Waals surface area contributed by atoms with Crippen molar-refractivity contribution in [2.24, 2.45) is 0 Å². The summed E-state index contributed by atoms with van der Waals surface area (Å²) in [7, 11) is 0. The Hall–Kier alpha value is -1.03. The molecule has 3 nitrogen and oxygen atoms in total. The van der Waals surface area contributed by atoms with E-state index in [0.29, 0.717) is 11.7 Å². The molecule has 0 bridgehead atoms. The Labute approximate surface area is 87.3 Å². The van der Waals surface area contributed by atoms with Crippen molar-refractivity contribution >= 4 is 23.4 Å². The molecule has 74 valence electrons. The Morgan fingerprint density at radius 2 is 2.36 bits per heavy atom. The van der Waals surface area contributed by atoms with Gasteiger partial charge in [-0.15, -0.1) is 0 Å². The molecule has 1 aliphatic heterocycles. The second kappa shape index (κ2) is 3.61. The van der Waals surface area contributed by atoms with Crippen molar-refractivity contribution < 1.29 is 4.79 Å². The molecule has 1 N–H and O–H groups in total. The van der Waals surface area contributed by atoms with Crippen LogP contribution in [-0.2, 0) is 4.79 Å². The molecule has 0 aromatic carbocycles. The van der Waals surface area contributed by atoms with Gasteiger partial charge in [0.1, 0.15) is 5.03 Å². The van der Waals surface area contributed by atoms with Gasteiger partial charge in [-0.25, -0.2) is 4.98 Å². The fraction of sp³-hybridized carbons (Fsp3) is 0.400. The second-order valence-electron chi connectivity index (χ2n) is 3.61. The van der Waals surface area contributed by atoms with E-state index in [4.69, 9.17) is 0 Å². The lowest BCUT2D eigenvalue weighted by atomic mass is 10.1. The lowest BCUT2D eigenvalue weighted by Crippen LogP contribution is -2.19. The Bertz CT molecular complexity index is 376. The molecule has 0 atom stereocenters. The lowest BCUT2D eigenvalue weighted by molar-refractivity contribution is -0.113. The van der Waals surface area contributed by atoms with Gasteiger partial charge in [-0.1, -0.05) is 25.6 Å². The van der Waals surface area contributed by atoms with Crippen molar-refractivity contribution in [2.75, 3.05) is 11.1 Å². The molecular formula is C10H12N2OS. The summed E-state index contributed by atoms with van der Waals surface area (Å²) < 4.78 is 0. The van der Waals surface area contributed by atoms with Gasteiger partial charge in [0.05, 0.1) is 11.4 Å². The third-order valence-corrected chi connectivity index (χ3v) is 3.16. The second-order valence-corrected chi connectivity index (χ2v) is 4.58. The molecule has 4 heteroatoms. The van der Waals surface area contributed by atoms with Gasteiger partial charge >= 0.3 is 0 Å². The molecule has 0 aliphatic carbocycles. The summed E-state index contributed by atoms with van der Waals surface area (Å²) in [5.74, 6) is 0.975. The first kappa shape index (κ1) is 9.52. The number of hydrogen-bond acceptors (Lipinski definition) is 3. The third-order valence-electron chi connectivity index (χ3n) is 2.15. The minimum Gasteiger partial charge on any atom is -0.323 e. The van der Waals surface area contributed by atoms with Crippen LogP contribution in [0.3, 0.4) is 0 Å². The molecule has 2 heterocycles. The van der Waals surface area contributed by atoms with E-state index in [1.807, 2.05) is 12.3 Å². The number of thioether (sulfide) groups is 1. The number of rotatable bonds is 1. The largest absolute Gasteiger partial charge is 0.323 e. The van der Waals surface area contributed by atoms with Crippen LogP contribution in [0.4, 0.5) is 5.69 Å². The molecule has 1 aromatic heterocycles. The van der Waals surface area contributed by atoms with Gasteiger partial charge in [0.25, 0.3) is 0 Å². The van der Waals surface area contributed by atoms with Gasteiger partial charge in [0.15, 0.2) is 0 Å². The zero-order valence-corrected chi connectivity index (χ0v) is 9.02. The minimum absolute atomic E-state index is 0.0604. The van der Waals surface area contributed by atoms with E-state index in [-0.39, 0.29) is 5.91 Å². The molecule has 0 saturated carbocycles. The first-order chi connectivity index (χ1) is 6.66. The van der Waals surface area contributed by atoms with Crippen LogP contribution in [-0.4, -0.2) is 16.6 Å². The van der Waals surface area contributed by atoms with Crippen molar-refractivity contribution in [3.8, 4) is 0 Å². The average molecular weight is 208 g/mol. The maximum Gasteiger partial charge on any atom is 0.234 e. The number of aromatic nitrogens is 1. The monoisotopic (exact) mass is 208 g/mol. The number of amides is 1. The van der Waals surface area contributed by atoms with E-state index >= 15 is 0 Å². The zero-order valence-electron chi connectivity index (χ0n) is 8.20. The van der Waals surface area contributed by atoms with Crippen LogP contribution in [0.25, 0.3) is 0 Å². The van der Waals surface area contributed by atoms with Crippen molar-refractivity contribution in [1.29, 1.82) is 0 Å². The minimum atomic E-state index is 0.0604. The van der Waals surface area contributed by atoms with Gasteiger partial charge in [0.2, 0.25) is 5.91 Å². The van der Waals surface area contributed by atoms with Gasteiger partial charge in [-0.2, -0.15) is 0 Å². The van der Waals surface area contributed by atoms with E-state index in [0.717, 1.165) is 16.3 Å². The van der Waals surface area contributed by atoms with E-state index < -0.39 is 0 Å². The first-order valence-corrected chi connectivity index (χ1v) is 5.58. The first-order valence-electron chi connectivity index (χ1n) is 4.59. The summed E-state index contributed by atoms with van der Waals surface area (Å²) in [5.41, 5.74) is 2.02. The number of pyridine rings is 1. The Morgan fingerprint density at radius 1 is 1.57 bits per heavy atom. The van der Waals surface area contributed by atoms with Crippen LogP contribution in [0.5, 0.6) is 0 Å². The van der Waals surface area contributed by atoms with Crippen LogP contribution in [0.15, 0.2) is 17.3 Å². The van der Waals surface area contributed by atoms with Crippen molar-refractivity contribution in [3.63, 3.8) is 0 Å². The number of carbonyl (C=O) groups excluding carboxylic acids is 1. The smallest absolute Gasteiger partial charge is 0.234 e. The predicted molar refractivity (Wildman–Crippen MR) is 57.7 cm³/mol. The number of nitrogens with zero attached hydrogens (tertiary/aromatic N) is 1. The van der Waals surface area contributed by atoms with Gasteiger partial charge in [-0.3, -0.25) is 4.79 Å². The number of anilines is 1. The van der Waals surface area contributed by atoms with Gasteiger partial charge in [0, 0.05) is 6.20 Å². The van der Waals surface area contributed by atoms with E-state index in [2.05, 4.69) is 24.1 Å². The molecule has 0 fully saturated rings. The number of hydrogen-bond donors (Lipinski definition) is 1. The molecular weight excluding hydrogens is 196 g/mol. The molecule has 0 saturated heterocycles. The van der Waals surface area contributed by atoms with Crippen molar-refractivity contribution in [1.82, 2.24) is 4.98 Å². The average Bonchev–Trinajstić information content (AvgIpc) is 2.16. The van der Waals surface area contributed by atoms with Crippen LogP contribution >= 0.6 is 11.8 Å². The molecule has 1 aliphatic rings. The summed E-state index contributed by atoms with van der Waals surface area (Å²) in [5, 5.41) is 3.76. The summed E-state index contributed by atoms with van der Waals surface area (Å²) in [6.45, 7) is 4.22. The topological polar surface area (TPSA) is 42.0 Å². The molecule has 1 amide bonds. The molecule has 0 unspecified atom stereocenters.